The number of carbonyl (C=O) groups excluding carboxylic acids is 1. The molecule has 1 aromatic heterocycles. The Labute approximate surface area is 180 Å². The summed E-state index contributed by atoms with van der Waals surface area (Å²) in [5.74, 6) is -0.758. The number of Topliss-reactive ketones (excluding diaryl/α,β-unsaturated/α-hetero) is 1. The van der Waals surface area contributed by atoms with E-state index >= 15 is 0 Å². The third kappa shape index (κ3) is 3.96. The molecule has 0 fully saturated rings. The lowest BCUT2D eigenvalue weighted by Crippen LogP contribution is -2.38. The summed E-state index contributed by atoms with van der Waals surface area (Å²) >= 11 is 1.08. The summed E-state index contributed by atoms with van der Waals surface area (Å²) in [5.41, 5.74) is -0.360. The molecule has 1 aliphatic heterocycles. The predicted molar refractivity (Wildman–Crippen MR) is 113 cm³/mol. The van der Waals surface area contributed by atoms with Crippen LogP contribution < -0.4 is 9.62 Å². The number of fused-ring (bicyclic) bond motifs is 1. The van der Waals surface area contributed by atoms with Gasteiger partial charge in [-0.1, -0.05) is 42.5 Å². The highest BCUT2D eigenvalue weighted by Gasteiger charge is 2.41. The summed E-state index contributed by atoms with van der Waals surface area (Å²) < 4.78 is 67.4. The highest BCUT2D eigenvalue weighted by molar-refractivity contribution is 7.97. The SMILES string of the molecule is O=C1C(=CNc2ccccc2C(F)(F)F)S(=O)(=O)N(Cc2ccccc2)c2ccsc21. The summed E-state index contributed by atoms with van der Waals surface area (Å²) in [7, 11) is -4.31. The van der Waals surface area contributed by atoms with Crippen LogP contribution in [0.2, 0.25) is 0 Å². The highest BCUT2D eigenvalue weighted by Crippen LogP contribution is 2.40. The van der Waals surface area contributed by atoms with Crippen molar-refractivity contribution in [2.75, 3.05) is 9.62 Å². The topological polar surface area (TPSA) is 66.5 Å². The van der Waals surface area contributed by atoms with Crippen LogP contribution >= 0.6 is 11.3 Å². The van der Waals surface area contributed by atoms with E-state index < -0.39 is 32.5 Å². The van der Waals surface area contributed by atoms with Crippen LogP contribution in [0.1, 0.15) is 20.8 Å². The Morgan fingerprint density at radius 1 is 1.00 bits per heavy atom. The van der Waals surface area contributed by atoms with Crippen molar-refractivity contribution in [1.29, 1.82) is 0 Å². The van der Waals surface area contributed by atoms with Gasteiger partial charge in [0.05, 0.1) is 23.5 Å². The summed E-state index contributed by atoms with van der Waals surface area (Å²) in [5, 5.41) is 3.98. The van der Waals surface area contributed by atoms with Crippen LogP contribution in [0.4, 0.5) is 24.5 Å². The van der Waals surface area contributed by atoms with Gasteiger partial charge in [0.2, 0.25) is 5.78 Å². The van der Waals surface area contributed by atoms with Gasteiger partial charge in [-0.05, 0) is 29.1 Å². The lowest BCUT2D eigenvalue weighted by molar-refractivity contribution is -0.136. The molecule has 0 radical (unpaired) electrons. The van der Waals surface area contributed by atoms with Crippen LogP contribution in [-0.4, -0.2) is 14.2 Å². The number of sulfonamides is 1. The number of carbonyl (C=O) groups is 1. The minimum Gasteiger partial charge on any atom is -0.360 e. The van der Waals surface area contributed by atoms with E-state index in [9.17, 15) is 26.4 Å². The molecule has 10 heteroatoms. The first-order valence-electron chi connectivity index (χ1n) is 9.01. The van der Waals surface area contributed by atoms with E-state index in [1.165, 1.54) is 12.1 Å². The first-order chi connectivity index (χ1) is 14.7. The Kier molecular flexibility index (Phi) is 5.36. The number of hydrogen-bond donors (Lipinski definition) is 1. The van der Waals surface area contributed by atoms with Gasteiger partial charge in [-0.15, -0.1) is 11.3 Å². The summed E-state index contributed by atoms with van der Waals surface area (Å²) in [6.45, 7) is -0.0172. The number of ketones is 1. The lowest BCUT2D eigenvalue weighted by Gasteiger charge is -2.29. The molecule has 160 valence electrons. The third-order valence-corrected chi connectivity index (χ3v) is 7.34. The van der Waals surface area contributed by atoms with Crippen molar-refractivity contribution >= 4 is 38.5 Å². The zero-order valence-corrected chi connectivity index (χ0v) is 17.4. The first-order valence-corrected chi connectivity index (χ1v) is 11.3. The minimum absolute atomic E-state index is 0.0172. The van der Waals surface area contributed by atoms with Crippen molar-refractivity contribution in [2.24, 2.45) is 0 Å². The van der Waals surface area contributed by atoms with E-state index in [0.29, 0.717) is 5.56 Å². The van der Waals surface area contributed by atoms with E-state index in [4.69, 9.17) is 0 Å². The van der Waals surface area contributed by atoms with Gasteiger partial charge in [-0.2, -0.15) is 13.2 Å². The summed E-state index contributed by atoms with van der Waals surface area (Å²) in [4.78, 5) is 12.5. The van der Waals surface area contributed by atoms with E-state index in [2.05, 4.69) is 5.32 Å². The second-order valence-corrected chi connectivity index (χ2v) is 9.40. The molecule has 3 aromatic rings. The average molecular weight is 464 g/mol. The first kappa shape index (κ1) is 21.1. The lowest BCUT2D eigenvalue weighted by atomic mass is 10.1. The van der Waals surface area contributed by atoms with Crippen LogP contribution in [-0.2, 0) is 22.7 Å². The van der Waals surface area contributed by atoms with Crippen molar-refractivity contribution < 1.29 is 26.4 Å². The molecule has 2 aromatic carbocycles. The van der Waals surface area contributed by atoms with Gasteiger partial charge in [-0.25, -0.2) is 8.42 Å². The van der Waals surface area contributed by atoms with Gasteiger partial charge in [0.15, 0.2) is 4.91 Å². The number of hydrogen-bond acceptors (Lipinski definition) is 5. The molecule has 4 rings (SSSR count). The Hall–Kier alpha value is -3.11. The third-order valence-electron chi connectivity index (χ3n) is 4.67. The molecule has 0 spiro atoms. The van der Waals surface area contributed by atoms with Gasteiger partial charge >= 0.3 is 6.18 Å². The molecule has 31 heavy (non-hydrogen) atoms. The monoisotopic (exact) mass is 464 g/mol. The van der Waals surface area contributed by atoms with Gasteiger partial charge in [-0.3, -0.25) is 9.10 Å². The van der Waals surface area contributed by atoms with E-state index in [1.807, 2.05) is 0 Å². The fourth-order valence-electron chi connectivity index (χ4n) is 3.20. The number of allylic oxidation sites excluding steroid dienone is 1. The Bertz CT molecular complexity index is 1270. The zero-order valence-electron chi connectivity index (χ0n) is 15.8. The molecule has 0 saturated heterocycles. The van der Waals surface area contributed by atoms with Crippen molar-refractivity contribution in [1.82, 2.24) is 0 Å². The molecule has 0 amide bonds. The number of thiophene rings is 1. The molecular formula is C21H15F3N2O3S2. The van der Waals surface area contributed by atoms with Gasteiger partial charge in [0.25, 0.3) is 10.0 Å². The van der Waals surface area contributed by atoms with E-state index in [-0.39, 0.29) is 22.8 Å². The Morgan fingerprint density at radius 3 is 2.39 bits per heavy atom. The maximum Gasteiger partial charge on any atom is 0.418 e. The van der Waals surface area contributed by atoms with Crippen molar-refractivity contribution in [2.45, 2.75) is 12.7 Å². The average Bonchev–Trinajstić information content (AvgIpc) is 3.21. The van der Waals surface area contributed by atoms with Gasteiger partial charge < -0.3 is 5.32 Å². The maximum absolute atomic E-state index is 13.3. The number of nitrogens with zero attached hydrogens (tertiary/aromatic N) is 1. The fraction of sp³-hybridized carbons (Fsp3) is 0.0952. The molecule has 2 heterocycles. The van der Waals surface area contributed by atoms with Gasteiger partial charge in [0, 0.05) is 6.20 Å². The van der Waals surface area contributed by atoms with E-state index in [1.54, 1.807) is 41.8 Å². The van der Waals surface area contributed by atoms with Gasteiger partial charge in [0.1, 0.15) is 4.88 Å². The number of anilines is 2. The molecule has 0 atom stereocenters. The molecule has 1 aliphatic rings. The molecule has 5 nitrogen and oxygen atoms in total. The predicted octanol–water partition coefficient (Wildman–Crippen LogP) is 5.25. The van der Waals surface area contributed by atoms with Crippen LogP contribution in [0.3, 0.4) is 0 Å². The van der Waals surface area contributed by atoms with Crippen LogP contribution in [0, 0.1) is 0 Å². The summed E-state index contributed by atoms with van der Waals surface area (Å²) in [6, 6.07) is 15.0. The second kappa shape index (κ2) is 7.86. The zero-order chi connectivity index (χ0) is 22.2. The van der Waals surface area contributed by atoms with Crippen LogP contribution in [0.25, 0.3) is 0 Å². The number of para-hydroxylation sites is 1. The van der Waals surface area contributed by atoms with Crippen molar-refractivity contribution in [3.63, 3.8) is 0 Å². The van der Waals surface area contributed by atoms with Crippen LogP contribution in [0.15, 0.2) is 77.1 Å². The molecule has 0 aliphatic carbocycles. The van der Waals surface area contributed by atoms with Crippen molar-refractivity contribution in [3.8, 4) is 0 Å². The number of benzene rings is 2. The molecule has 0 unspecified atom stereocenters. The molecule has 0 saturated carbocycles. The maximum atomic E-state index is 13.3. The Morgan fingerprint density at radius 2 is 1.68 bits per heavy atom. The Balaban J connectivity index is 1.76. The molecular weight excluding hydrogens is 449 g/mol. The number of nitrogens with one attached hydrogen (secondary N) is 1. The fourth-order valence-corrected chi connectivity index (χ4v) is 5.69. The summed E-state index contributed by atoms with van der Waals surface area (Å²) in [6.07, 6.45) is -3.80. The van der Waals surface area contributed by atoms with Crippen LogP contribution in [0.5, 0.6) is 0 Å². The standard InChI is InChI=1S/C21H15F3N2O3S2/c22-21(23,24)15-8-4-5-9-16(15)25-12-18-19(27)20-17(10-11-30-20)26(31(18,28)29)13-14-6-2-1-3-7-14/h1-12,25H,13H2. The molecule has 1 N–H and O–H groups in total. The number of alkyl halides is 3. The normalized spacial score (nSPS) is 16.9. The molecule has 0 bridgehead atoms. The largest absolute Gasteiger partial charge is 0.418 e. The quantitative estimate of drug-likeness (QED) is 0.536. The minimum atomic E-state index is -4.64. The number of rotatable bonds is 4. The highest BCUT2D eigenvalue weighted by atomic mass is 32.2. The number of halogens is 3. The van der Waals surface area contributed by atoms with Crippen molar-refractivity contribution in [3.05, 3.63) is 93.2 Å². The second-order valence-electron chi connectivity index (χ2n) is 6.66. The smallest absolute Gasteiger partial charge is 0.360 e. The van der Waals surface area contributed by atoms with E-state index in [0.717, 1.165) is 34.0 Å².